The number of hydrogen-bond donors (Lipinski definition) is 0. The Labute approximate surface area is 415 Å². The van der Waals surface area contributed by atoms with Crippen LogP contribution >= 0.6 is 0 Å². The van der Waals surface area contributed by atoms with E-state index in [1.165, 1.54) is 48.5 Å². The second kappa shape index (κ2) is 31.1. The summed E-state index contributed by atoms with van der Waals surface area (Å²) in [5, 5.41) is 0. The number of rotatable bonds is 23. The molecule has 20 heteroatoms. The topological polar surface area (TPSA) is 247 Å². The zero-order valence-corrected chi connectivity index (χ0v) is 40.5. The average Bonchev–Trinajstić information content (AvgIpc) is 3.39. The van der Waals surface area contributed by atoms with Crippen LogP contribution in [0.15, 0.2) is 97.1 Å². The maximum Gasteiger partial charge on any atom is 0.549 e. The minimum Gasteiger partial charge on any atom is -0.432 e. The monoisotopic (exact) mass is 1000 g/mol. The zero-order chi connectivity index (χ0) is 52.1. The fourth-order valence-electron chi connectivity index (χ4n) is 6.81. The second-order valence-corrected chi connectivity index (χ2v) is 16.0. The summed E-state index contributed by atoms with van der Waals surface area (Å²) in [4.78, 5) is 138. The van der Waals surface area contributed by atoms with Gasteiger partial charge in [0, 0.05) is 11.8 Å². The first kappa shape index (κ1) is 56.4. The molecule has 72 heavy (non-hydrogen) atoms. The van der Waals surface area contributed by atoms with E-state index < -0.39 is 86.8 Å². The molecule has 0 fully saturated rings. The number of ether oxygens (including phenoxy) is 4. The molecule has 20 nitrogen and oxygen atoms in total. The lowest BCUT2D eigenvalue weighted by Crippen LogP contribution is -2.30. The Bertz CT molecular complexity index is 2200. The summed E-state index contributed by atoms with van der Waals surface area (Å²) in [5.74, 6) is -6.01. The van der Waals surface area contributed by atoms with Crippen LogP contribution in [-0.4, -0.2) is 74.9 Å². The van der Waals surface area contributed by atoms with Crippen LogP contribution in [0.4, 0.5) is 19.2 Å². The quantitative estimate of drug-likeness (QED) is 0.0290. The van der Waals surface area contributed by atoms with Crippen molar-refractivity contribution in [3.05, 3.63) is 142 Å². The van der Waals surface area contributed by atoms with Gasteiger partial charge in [0.05, 0.1) is 48.7 Å². The van der Waals surface area contributed by atoms with Gasteiger partial charge in [-0.3, -0.25) is 0 Å². The van der Waals surface area contributed by atoms with Crippen molar-refractivity contribution in [2.24, 2.45) is 11.8 Å². The van der Waals surface area contributed by atoms with Crippen LogP contribution in [0.1, 0.15) is 130 Å². The number of hydrogen-bond acceptors (Lipinski definition) is 20. The molecule has 0 bridgehead atoms. The fraction of sp³-hybridized carbons (Fsp3) is 0.385. The van der Waals surface area contributed by atoms with Gasteiger partial charge in [-0.2, -0.15) is 19.2 Å². The summed E-state index contributed by atoms with van der Waals surface area (Å²) >= 11 is 0. The SMILES string of the molecule is CCCc1ccc(C(=O)OOC(=O)OCCC(COC(=O)OOC(=O)c2ccc(CCC)cc2)C(CCOC(=O)OOC(=O)c2ccc(CCC)cc2)COC(=O)OOC(=O)c2ccc(CCC)cc2)cc1. The van der Waals surface area contributed by atoms with Crippen LogP contribution in [0.3, 0.4) is 0 Å². The highest BCUT2D eigenvalue weighted by molar-refractivity contribution is 5.91. The Morgan fingerprint density at radius 2 is 0.542 bits per heavy atom. The lowest BCUT2D eigenvalue weighted by atomic mass is 9.88. The molecule has 2 unspecified atom stereocenters. The molecule has 0 spiro atoms. The van der Waals surface area contributed by atoms with Crippen LogP contribution in [-0.2, 0) is 83.7 Å². The van der Waals surface area contributed by atoms with E-state index in [9.17, 15) is 38.4 Å². The molecular weight excluding hydrogens is 945 g/mol. The summed E-state index contributed by atoms with van der Waals surface area (Å²) in [5.41, 5.74) is 4.27. The third-order valence-corrected chi connectivity index (χ3v) is 10.6. The molecule has 4 aromatic carbocycles. The average molecular weight is 1000 g/mol. The predicted octanol–water partition coefficient (Wildman–Crippen LogP) is 10.5. The Hall–Kier alpha value is -8.16. The standard InChI is InChI=1S/C52H58O20/c1-5-9-35-13-21-39(22-14-35)45(53)65-69-49(57)61-31-29-43(33-63-51(59)71-67-47(55)41-25-17-37(11-7-3)18-26-41)44(34-64-52(60)72-68-48(56)42-27-19-38(12-8-4)20-28-42)30-32-62-50(58)70-66-46(54)40-23-15-36(10-6-2)16-24-40/h13-28,43-44H,5-12,29-34H2,1-4H3. The molecule has 2 atom stereocenters. The van der Waals surface area contributed by atoms with Crippen LogP contribution in [0, 0.1) is 11.8 Å². The summed E-state index contributed by atoms with van der Waals surface area (Å²) in [6.45, 7) is 5.75. The molecule has 0 amide bonds. The Kier molecular flexibility index (Phi) is 24.4. The first-order valence-corrected chi connectivity index (χ1v) is 23.4. The van der Waals surface area contributed by atoms with Crippen LogP contribution in [0.25, 0.3) is 0 Å². The van der Waals surface area contributed by atoms with Crippen LogP contribution in [0.5, 0.6) is 0 Å². The smallest absolute Gasteiger partial charge is 0.432 e. The minimum atomic E-state index is -1.48. The Balaban J connectivity index is 1.43. The molecule has 0 radical (unpaired) electrons. The van der Waals surface area contributed by atoms with Gasteiger partial charge in [0.15, 0.2) is 0 Å². The van der Waals surface area contributed by atoms with Crippen molar-refractivity contribution in [3.63, 3.8) is 0 Å². The molecular formula is C52H58O20. The van der Waals surface area contributed by atoms with Crippen molar-refractivity contribution in [2.75, 3.05) is 26.4 Å². The minimum absolute atomic E-state index is 0.0779. The Morgan fingerprint density at radius 1 is 0.319 bits per heavy atom. The first-order valence-electron chi connectivity index (χ1n) is 23.4. The highest BCUT2D eigenvalue weighted by Gasteiger charge is 2.29. The third-order valence-electron chi connectivity index (χ3n) is 10.6. The van der Waals surface area contributed by atoms with Crippen molar-refractivity contribution in [1.29, 1.82) is 0 Å². The molecule has 0 N–H and O–H groups in total. The van der Waals surface area contributed by atoms with Crippen molar-refractivity contribution >= 4 is 48.5 Å². The van der Waals surface area contributed by atoms with Gasteiger partial charge >= 0.3 is 48.5 Å². The summed E-state index contributed by atoms with van der Waals surface area (Å²) in [6, 6.07) is 25.7. The first-order chi connectivity index (χ1) is 34.8. The fourth-order valence-corrected chi connectivity index (χ4v) is 6.81. The number of benzene rings is 4. The summed E-state index contributed by atoms with van der Waals surface area (Å²) in [6.07, 6.45) is 0.387. The van der Waals surface area contributed by atoms with Gasteiger partial charge in [-0.1, -0.05) is 102 Å². The second-order valence-electron chi connectivity index (χ2n) is 16.0. The van der Waals surface area contributed by atoms with Gasteiger partial charge in [0.2, 0.25) is 0 Å². The van der Waals surface area contributed by atoms with Gasteiger partial charge < -0.3 is 18.9 Å². The van der Waals surface area contributed by atoms with E-state index in [4.69, 9.17) is 18.9 Å². The normalized spacial score (nSPS) is 11.3. The molecule has 0 saturated heterocycles. The number of aryl methyl sites for hydroxylation is 4. The molecule has 0 aliphatic heterocycles. The van der Waals surface area contributed by atoms with Gasteiger partial charge in [0.25, 0.3) is 0 Å². The van der Waals surface area contributed by atoms with E-state index in [1.807, 2.05) is 27.7 Å². The van der Waals surface area contributed by atoms with Crippen LogP contribution < -0.4 is 0 Å². The Morgan fingerprint density at radius 3 is 0.764 bits per heavy atom. The molecule has 0 saturated carbocycles. The van der Waals surface area contributed by atoms with Crippen molar-refractivity contribution in [2.45, 2.75) is 91.9 Å². The van der Waals surface area contributed by atoms with E-state index >= 15 is 0 Å². The third kappa shape index (κ3) is 20.4. The molecule has 0 aliphatic rings. The molecule has 0 heterocycles. The highest BCUT2D eigenvalue weighted by Crippen LogP contribution is 2.23. The van der Waals surface area contributed by atoms with Gasteiger partial charge in [-0.05, 0) is 109 Å². The van der Waals surface area contributed by atoms with Gasteiger partial charge in [0.1, 0.15) is 0 Å². The van der Waals surface area contributed by atoms with Gasteiger partial charge in [-0.25, -0.2) is 58.3 Å². The summed E-state index contributed by atoms with van der Waals surface area (Å²) in [7, 11) is 0. The molecule has 0 aromatic heterocycles. The van der Waals surface area contributed by atoms with E-state index in [0.717, 1.165) is 73.6 Å². The van der Waals surface area contributed by atoms with Gasteiger partial charge in [-0.15, -0.1) is 0 Å². The highest BCUT2D eigenvalue weighted by atomic mass is 17.3. The predicted molar refractivity (Wildman–Crippen MR) is 249 cm³/mol. The van der Waals surface area contributed by atoms with Crippen molar-refractivity contribution < 1.29 is 96.4 Å². The largest absolute Gasteiger partial charge is 0.549 e. The van der Waals surface area contributed by atoms with E-state index in [0.29, 0.717) is 0 Å². The van der Waals surface area contributed by atoms with Crippen molar-refractivity contribution in [3.8, 4) is 0 Å². The molecule has 4 rings (SSSR count). The number of carbonyl (C=O) groups is 8. The lowest BCUT2D eigenvalue weighted by molar-refractivity contribution is -0.208. The lowest BCUT2D eigenvalue weighted by Gasteiger charge is -2.25. The molecule has 386 valence electrons. The molecule has 0 aliphatic carbocycles. The van der Waals surface area contributed by atoms with E-state index in [2.05, 4.69) is 39.1 Å². The maximum absolute atomic E-state index is 12.7. The summed E-state index contributed by atoms with van der Waals surface area (Å²) < 4.78 is 20.7. The van der Waals surface area contributed by atoms with Crippen molar-refractivity contribution in [1.82, 2.24) is 0 Å². The van der Waals surface area contributed by atoms with E-state index in [1.54, 1.807) is 48.5 Å². The number of carbonyl (C=O) groups excluding carboxylic acids is 8. The molecule has 4 aromatic rings. The zero-order valence-electron chi connectivity index (χ0n) is 40.5. The maximum atomic E-state index is 12.7. The van der Waals surface area contributed by atoms with E-state index in [-0.39, 0.29) is 35.1 Å². The van der Waals surface area contributed by atoms with Crippen LogP contribution in [0.2, 0.25) is 0 Å².